The molecule has 0 bridgehead atoms. The summed E-state index contributed by atoms with van der Waals surface area (Å²) >= 11 is 0. The molecular weight excluding hydrogens is 290 g/mol. The van der Waals surface area contributed by atoms with Crippen molar-refractivity contribution < 1.29 is 14.3 Å². The maximum Gasteiger partial charge on any atom is 0.209 e. The lowest BCUT2D eigenvalue weighted by molar-refractivity contribution is -0.120. The molecule has 2 aromatic rings. The molecule has 0 amide bonds. The van der Waals surface area contributed by atoms with Gasteiger partial charge >= 0.3 is 0 Å². The van der Waals surface area contributed by atoms with Gasteiger partial charge in [0.25, 0.3) is 0 Å². The number of hydrogen-bond acceptors (Lipinski definition) is 4. The predicted molar refractivity (Wildman–Crippen MR) is 90.1 cm³/mol. The van der Waals surface area contributed by atoms with Crippen LogP contribution in [-0.2, 0) is 22.4 Å². The van der Waals surface area contributed by atoms with Crippen molar-refractivity contribution in [3.8, 4) is 5.75 Å². The molecule has 4 nitrogen and oxygen atoms in total. The van der Waals surface area contributed by atoms with Crippen molar-refractivity contribution in [2.75, 3.05) is 12.8 Å². The van der Waals surface area contributed by atoms with Gasteiger partial charge in [-0.3, -0.25) is 9.59 Å². The lowest BCUT2D eigenvalue weighted by Gasteiger charge is -2.09. The topological polar surface area (TPSA) is 69.4 Å². The number of ether oxygens (including phenoxy) is 1. The summed E-state index contributed by atoms with van der Waals surface area (Å²) < 4.78 is 5.09. The maximum atomic E-state index is 12.2. The Labute approximate surface area is 136 Å². The summed E-state index contributed by atoms with van der Waals surface area (Å²) in [4.78, 5) is 23.4. The lowest BCUT2D eigenvalue weighted by atomic mass is 9.93. The molecule has 0 fully saturated rings. The Morgan fingerprint density at radius 3 is 2.26 bits per heavy atom. The molecule has 0 spiro atoms. The number of anilines is 1. The van der Waals surface area contributed by atoms with Crippen LogP contribution in [0.15, 0.2) is 48.5 Å². The first-order valence-corrected chi connectivity index (χ1v) is 7.50. The second-order valence-electron chi connectivity index (χ2n) is 5.43. The zero-order chi connectivity index (χ0) is 16.7. The minimum Gasteiger partial charge on any atom is -0.497 e. The zero-order valence-electron chi connectivity index (χ0n) is 13.1. The van der Waals surface area contributed by atoms with Crippen LogP contribution < -0.4 is 10.5 Å². The number of carbonyl (C=O) groups is 1. The summed E-state index contributed by atoms with van der Waals surface area (Å²) in [6.07, 6.45) is 3.16. The Kier molecular flexibility index (Phi) is 5.92. The highest BCUT2D eigenvalue weighted by atomic mass is 16.5. The van der Waals surface area contributed by atoms with E-state index in [1.165, 1.54) is 0 Å². The fourth-order valence-corrected chi connectivity index (χ4v) is 2.34. The summed E-state index contributed by atoms with van der Waals surface area (Å²) in [5, 5.41) is 0. The number of hydrogen-bond donors (Lipinski definition) is 1. The molecule has 0 saturated carbocycles. The molecular formula is C19H20NO3. The Morgan fingerprint density at radius 1 is 1.09 bits per heavy atom. The third-order valence-electron chi connectivity index (χ3n) is 3.77. The van der Waals surface area contributed by atoms with Crippen LogP contribution in [0.1, 0.15) is 17.5 Å². The first-order chi connectivity index (χ1) is 11.1. The molecule has 0 heterocycles. The largest absolute Gasteiger partial charge is 0.497 e. The van der Waals surface area contributed by atoms with Crippen LogP contribution in [0.5, 0.6) is 5.75 Å². The standard InChI is InChI=1S/C19H20NO3/c1-23-18-9-4-15(5-10-18)12-16(13-21)19(22)11-6-14-2-7-17(20)8-3-14/h2-5,7-10,16H,6,11-12,20H2,1H3. The van der Waals surface area contributed by atoms with Gasteiger partial charge in [-0.15, -0.1) is 0 Å². The molecule has 2 aromatic carbocycles. The normalized spacial score (nSPS) is 11.7. The number of methoxy groups -OCH3 is 1. The number of ketones is 1. The van der Waals surface area contributed by atoms with E-state index < -0.39 is 5.92 Å². The lowest BCUT2D eigenvalue weighted by Crippen LogP contribution is -2.19. The van der Waals surface area contributed by atoms with Crippen molar-refractivity contribution in [1.82, 2.24) is 0 Å². The van der Waals surface area contributed by atoms with Gasteiger partial charge in [0.05, 0.1) is 13.0 Å². The van der Waals surface area contributed by atoms with Crippen molar-refractivity contribution in [3.05, 3.63) is 59.7 Å². The Morgan fingerprint density at radius 2 is 1.70 bits per heavy atom. The van der Waals surface area contributed by atoms with Gasteiger partial charge in [-0.2, -0.15) is 0 Å². The maximum absolute atomic E-state index is 12.2. The molecule has 119 valence electrons. The monoisotopic (exact) mass is 310 g/mol. The molecule has 23 heavy (non-hydrogen) atoms. The van der Waals surface area contributed by atoms with Gasteiger partial charge in [-0.05, 0) is 48.2 Å². The van der Waals surface area contributed by atoms with E-state index in [1.807, 2.05) is 42.7 Å². The van der Waals surface area contributed by atoms with E-state index >= 15 is 0 Å². The molecule has 0 aliphatic heterocycles. The molecule has 2 rings (SSSR count). The van der Waals surface area contributed by atoms with Crippen molar-refractivity contribution in [2.24, 2.45) is 5.92 Å². The van der Waals surface area contributed by atoms with Gasteiger partial charge in [-0.25, -0.2) is 0 Å². The van der Waals surface area contributed by atoms with Crippen LogP contribution >= 0.6 is 0 Å². The highest BCUT2D eigenvalue weighted by Gasteiger charge is 2.19. The summed E-state index contributed by atoms with van der Waals surface area (Å²) in [6, 6.07) is 14.7. The molecule has 1 radical (unpaired) electrons. The van der Waals surface area contributed by atoms with E-state index in [9.17, 15) is 9.59 Å². The van der Waals surface area contributed by atoms with Gasteiger partial charge in [0, 0.05) is 12.1 Å². The first-order valence-electron chi connectivity index (χ1n) is 7.50. The molecule has 0 aromatic heterocycles. The smallest absolute Gasteiger partial charge is 0.209 e. The van der Waals surface area contributed by atoms with Crippen LogP contribution in [0, 0.1) is 5.92 Å². The Balaban J connectivity index is 1.92. The molecule has 0 saturated heterocycles. The van der Waals surface area contributed by atoms with Crippen LogP contribution in [-0.4, -0.2) is 19.2 Å². The van der Waals surface area contributed by atoms with E-state index in [0.29, 0.717) is 24.9 Å². The van der Waals surface area contributed by atoms with Crippen molar-refractivity contribution in [2.45, 2.75) is 19.3 Å². The van der Waals surface area contributed by atoms with Crippen molar-refractivity contribution in [1.29, 1.82) is 0 Å². The fraction of sp³-hybridized carbons (Fsp3) is 0.263. The predicted octanol–water partition coefficient (Wildman–Crippen LogP) is 2.75. The van der Waals surface area contributed by atoms with Crippen LogP contribution in [0.2, 0.25) is 0 Å². The number of nitrogens with two attached hydrogens (primary N) is 1. The summed E-state index contributed by atoms with van der Waals surface area (Å²) in [5.41, 5.74) is 8.27. The summed E-state index contributed by atoms with van der Waals surface area (Å²) in [6.45, 7) is 0. The van der Waals surface area contributed by atoms with Gasteiger partial charge in [0.15, 0.2) is 0 Å². The van der Waals surface area contributed by atoms with Gasteiger partial charge in [0.1, 0.15) is 11.5 Å². The Hall–Kier alpha value is -2.62. The number of carbonyl (C=O) groups excluding carboxylic acids is 2. The highest BCUT2D eigenvalue weighted by molar-refractivity contribution is 5.93. The van der Waals surface area contributed by atoms with E-state index in [-0.39, 0.29) is 5.78 Å². The SMILES string of the molecule is COc1ccc(CC([C]=O)C(=O)CCc2ccc(N)cc2)cc1. The van der Waals surface area contributed by atoms with Gasteiger partial charge in [0.2, 0.25) is 6.29 Å². The molecule has 4 heteroatoms. The van der Waals surface area contributed by atoms with Crippen LogP contribution in [0.4, 0.5) is 5.69 Å². The molecule has 2 N–H and O–H groups in total. The molecule has 0 aliphatic carbocycles. The van der Waals surface area contributed by atoms with Crippen LogP contribution in [0.3, 0.4) is 0 Å². The van der Waals surface area contributed by atoms with Crippen molar-refractivity contribution >= 4 is 17.8 Å². The number of benzene rings is 2. The third kappa shape index (κ3) is 4.95. The molecule has 0 aliphatic rings. The van der Waals surface area contributed by atoms with Gasteiger partial charge < -0.3 is 10.5 Å². The van der Waals surface area contributed by atoms with E-state index in [0.717, 1.165) is 16.9 Å². The second kappa shape index (κ2) is 8.13. The quantitative estimate of drug-likeness (QED) is 0.601. The number of nitrogen functional groups attached to an aromatic ring is 1. The second-order valence-corrected chi connectivity index (χ2v) is 5.43. The Bertz CT molecular complexity index is 647. The third-order valence-corrected chi connectivity index (χ3v) is 3.77. The minimum atomic E-state index is -0.725. The van der Waals surface area contributed by atoms with E-state index in [4.69, 9.17) is 10.5 Å². The van der Waals surface area contributed by atoms with Gasteiger partial charge in [-0.1, -0.05) is 24.3 Å². The highest BCUT2D eigenvalue weighted by Crippen LogP contribution is 2.16. The number of rotatable bonds is 8. The average molecular weight is 310 g/mol. The minimum absolute atomic E-state index is 0.0901. The average Bonchev–Trinajstić information content (AvgIpc) is 2.59. The zero-order valence-corrected chi connectivity index (χ0v) is 13.1. The van der Waals surface area contributed by atoms with Crippen molar-refractivity contribution in [3.63, 3.8) is 0 Å². The number of aryl methyl sites for hydroxylation is 1. The van der Waals surface area contributed by atoms with E-state index in [2.05, 4.69) is 0 Å². The molecule has 1 unspecified atom stereocenters. The number of Topliss-reactive ketones (excluding diaryl/α,β-unsaturated/α-hetero) is 1. The fourth-order valence-electron chi connectivity index (χ4n) is 2.34. The van der Waals surface area contributed by atoms with Crippen LogP contribution in [0.25, 0.3) is 0 Å². The summed E-state index contributed by atoms with van der Waals surface area (Å²) in [7, 11) is 1.59. The summed E-state index contributed by atoms with van der Waals surface area (Å²) in [5.74, 6) is -0.0696. The molecule has 1 atom stereocenters. The first kappa shape index (κ1) is 16.7. The van der Waals surface area contributed by atoms with E-state index in [1.54, 1.807) is 19.2 Å².